The number of pyridine rings is 1. The molecule has 1 heterocycles. The van der Waals surface area contributed by atoms with E-state index < -0.39 is 0 Å². The lowest BCUT2D eigenvalue weighted by Crippen LogP contribution is -1.98. The van der Waals surface area contributed by atoms with Crippen LogP contribution < -0.4 is 15.2 Å². The Kier molecular flexibility index (Phi) is 4.79. The maximum absolute atomic E-state index is 5.73. The lowest BCUT2D eigenvalue weighted by atomic mass is 10.2. The first kappa shape index (κ1) is 14.3. The van der Waals surface area contributed by atoms with E-state index in [-0.39, 0.29) is 0 Å². The van der Waals surface area contributed by atoms with Crippen molar-refractivity contribution < 1.29 is 9.47 Å². The fourth-order valence-electron chi connectivity index (χ4n) is 1.51. The zero-order valence-corrected chi connectivity index (χ0v) is 13.4. The SMILES string of the molecule is COc1cc(CN)cc(Oc2ncc(Br)cc2Br)c1. The number of nitrogens with zero attached hydrogens (tertiary/aromatic N) is 1. The molecule has 100 valence electrons. The van der Waals surface area contributed by atoms with Crippen molar-refractivity contribution in [1.29, 1.82) is 0 Å². The first-order valence-electron chi connectivity index (χ1n) is 5.49. The van der Waals surface area contributed by atoms with Crippen LogP contribution in [0.3, 0.4) is 0 Å². The van der Waals surface area contributed by atoms with E-state index in [0.717, 1.165) is 14.5 Å². The molecule has 2 rings (SSSR count). The fraction of sp³-hybridized carbons (Fsp3) is 0.154. The van der Waals surface area contributed by atoms with Gasteiger partial charge in [-0.05, 0) is 55.6 Å². The molecule has 6 heteroatoms. The summed E-state index contributed by atoms with van der Waals surface area (Å²) < 4.78 is 12.6. The molecule has 1 aromatic carbocycles. The van der Waals surface area contributed by atoms with Crippen LogP contribution in [0.2, 0.25) is 0 Å². The molecule has 0 bridgehead atoms. The number of rotatable bonds is 4. The Hall–Kier alpha value is -1.11. The summed E-state index contributed by atoms with van der Waals surface area (Å²) >= 11 is 6.75. The number of nitrogens with two attached hydrogens (primary N) is 1. The summed E-state index contributed by atoms with van der Waals surface area (Å²) in [6, 6.07) is 7.39. The van der Waals surface area contributed by atoms with Crippen LogP contribution >= 0.6 is 31.9 Å². The fourth-order valence-corrected chi connectivity index (χ4v) is 2.58. The number of hydrogen-bond acceptors (Lipinski definition) is 4. The van der Waals surface area contributed by atoms with Crippen molar-refractivity contribution in [3.63, 3.8) is 0 Å². The highest BCUT2D eigenvalue weighted by Crippen LogP contribution is 2.31. The second-order valence-electron chi connectivity index (χ2n) is 3.76. The molecular formula is C13H12Br2N2O2. The van der Waals surface area contributed by atoms with Gasteiger partial charge in [-0.15, -0.1) is 0 Å². The van der Waals surface area contributed by atoms with Gasteiger partial charge in [0.15, 0.2) is 0 Å². The average Bonchev–Trinajstić information content (AvgIpc) is 2.41. The Bertz CT molecular complexity index is 569. The standard InChI is InChI=1S/C13H12Br2N2O2/c1-18-10-2-8(6-16)3-11(5-10)19-13-12(15)4-9(14)7-17-13/h2-5,7H,6,16H2,1H3. The third-order valence-corrected chi connectivity index (χ3v) is 3.40. The van der Waals surface area contributed by atoms with Gasteiger partial charge >= 0.3 is 0 Å². The summed E-state index contributed by atoms with van der Waals surface area (Å²) in [6.07, 6.45) is 1.67. The van der Waals surface area contributed by atoms with Crippen LogP contribution in [0.25, 0.3) is 0 Å². The smallest absolute Gasteiger partial charge is 0.233 e. The van der Waals surface area contributed by atoms with E-state index in [1.165, 1.54) is 0 Å². The molecule has 0 spiro atoms. The van der Waals surface area contributed by atoms with Crippen molar-refractivity contribution in [1.82, 2.24) is 4.98 Å². The van der Waals surface area contributed by atoms with Crippen molar-refractivity contribution in [3.05, 3.63) is 45.0 Å². The molecule has 2 N–H and O–H groups in total. The third-order valence-electron chi connectivity index (χ3n) is 2.40. The van der Waals surface area contributed by atoms with Crippen LogP contribution in [0.1, 0.15) is 5.56 Å². The molecule has 0 amide bonds. The van der Waals surface area contributed by atoms with E-state index in [4.69, 9.17) is 15.2 Å². The molecule has 0 aliphatic heterocycles. The highest BCUT2D eigenvalue weighted by molar-refractivity contribution is 9.11. The quantitative estimate of drug-likeness (QED) is 0.865. The minimum absolute atomic E-state index is 0.419. The highest BCUT2D eigenvalue weighted by Gasteiger charge is 2.07. The van der Waals surface area contributed by atoms with Gasteiger partial charge in [0, 0.05) is 23.3 Å². The minimum Gasteiger partial charge on any atom is -0.497 e. The summed E-state index contributed by atoms with van der Waals surface area (Å²) in [7, 11) is 1.60. The second kappa shape index (κ2) is 6.36. The lowest BCUT2D eigenvalue weighted by Gasteiger charge is -2.10. The van der Waals surface area contributed by atoms with E-state index in [1.807, 2.05) is 18.2 Å². The molecule has 0 aliphatic carbocycles. The molecule has 0 atom stereocenters. The van der Waals surface area contributed by atoms with Crippen molar-refractivity contribution in [3.8, 4) is 17.4 Å². The Morgan fingerprint density at radius 1 is 1.16 bits per heavy atom. The minimum atomic E-state index is 0.419. The maximum Gasteiger partial charge on any atom is 0.233 e. The van der Waals surface area contributed by atoms with Crippen LogP contribution in [0.4, 0.5) is 0 Å². The largest absolute Gasteiger partial charge is 0.497 e. The molecule has 0 saturated carbocycles. The van der Waals surface area contributed by atoms with Gasteiger partial charge in [0.2, 0.25) is 5.88 Å². The monoisotopic (exact) mass is 386 g/mol. The summed E-state index contributed by atoms with van der Waals surface area (Å²) in [5.41, 5.74) is 6.58. The molecule has 4 nitrogen and oxygen atoms in total. The predicted octanol–water partition coefficient (Wildman–Crippen LogP) is 3.87. The highest BCUT2D eigenvalue weighted by atomic mass is 79.9. The summed E-state index contributed by atoms with van der Waals surface area (Å²) in [4.78, 5) is 4.20. The van der Waals surface area contributed by atoms with Crippen LogP contribution in [-0.2, 0) is 6.54 Å². The zero-order valence-electron chi connectivity index (χ0n) is 10.2. The zero-order chi connectivity index (χ0) is 13.8. The van der Waals surface area contributed by atoms with Gasteiger partial charge in [-0.25, -0.2) is 4.98 Å². The van der Waals surface area contributed by atoms with E-state index in [2.05, 4.69) is 36.8 Å². The Morgan fingerprint density at radius 2 is 1.89 bits per heavy atom. The molecule has 19 heavy (non-hydrogen) atoms. The van der Waals surface area contributed by atoms with Gasteiger partial charge in [0.25, 0.3) is 0 Å². The van der Waals surface area contributed by atoms with Gasteiger partial charge in [-0.3, -0.25) is 0 Å². The number of benzene rings is 1. The van der Waals surface area contributed by atoms with Crippen LogP contribution in [0.15, 0.2) is 39.4 Å². The Balaban J connectivity index is 2.31. The summed E-state index contributed by atoms with van der Waals surface area (Å²) in [5.74, 6) is 1.82. The maximum atomic E-state index is 5.73. The molecule has 0 radical (unpaired) electrons. The normalized spacial score (nSPS) is 10.3. The Morgan fingerprint density at radius 3 is 2.53 bits per heavy atom. The van der Waals surface area contributed by atoms with E-state index in [1.54, 1.807) is 19.4 Å². The summed E-state index contributed by atoms with van der Waals surface area (Å²) in [6.45, 7) is 0.419. The van der Waals surface area contributed by atoms with E-state index >= 15 is 0 Å². The number of ether oxygens (including phenoxy) is 2. The predicted molar refractivity (Wildman–Crippen MR) is 80.6 cm³/mol. The number of methoxy groups -OCH3 is 1. The second-order valence-corrected chi connectivity index (χ2v) is 5.53. The van der Waals surface area contributed by atoms with Crippen LogP contribution in [0.5, 0.6) is 17.4 Å². The van der Waals surface area contributed by atoms with Crippen LogP contribution in [0, 0.1) is 0 Å². The molecule has 1 aromatic heterocycles. The Labute approximate surface area is 128 Å². The van der Waals surface area contributed by atoms with Gasteiger partial charge in [0.05, 0.1) is 11.6 Å². The molecule has 0 saturated heterocycles. The molecule has 0 unspecified atom stereocenters. The molecule has 0 aliphatic rings. The van der Waals surface area contributed by atoms with Crippen molar-refractivity contribution in [2.24, 2.45) is 5.73 Å². The number of hydrogen-bond donors (Lipinski definition) is 1. The first-order valence-corrected chi connectivity index (χ1v) is 7.08. The number of halogens is 2. The van der Waals surface area contributed by atoms with Crippen LogP contribution in [-0.4, -0.2) is 12.1 Å². The molecule has 2 aromatic rings. The molecular weight excluding hydrogens is 376 g/mol. The van der Waals surface area contributed by atoms with Gasteiger partial charge in [0.1, 0.15) is 11.5 Å². The number of aromatic nitrogens is 1. The lowest BCUT2D eigenvalue weighted by molar-refractivity contribution is 0.406. The first-order chi connectivity index (χ1) is 9.12. The van der Waals surface area contributed by atoms with Gasteiger partial charge in [-0.2, -0.15) is 0 Å². The van der Waals surface area contributed by atoms with E-state index in [9.17, 15) is 0 Å². The summed E-state index contributed by atoms with van der Waals surface area (Å²) in [5, 5.41) is 0. The van der Waals surface area contributed by atoms with E-state index in [0.29, 0.717) is 23.9 Å². The van der Waals surface area contributed by atoms with Crippen molar-refractivity contribution >= 4 is 31.9 Å². The third kappa shape index (κ3) is 3.68. The van der Waals surface area contributed by atoms with Gasteiger partial charge < -0.3 is 15.2 Å². The molecule has 0 fully saturated rings. The van der Waals surface area contributed by atoms with Crippen molar-refractivity contribution in [2.45, 2.75) is 6.54 Å². The van der Waals surface area contributed by atoms with Gasteiger partial charge in [-0.1, -0.05) is 0 Å². The topological polar surface area (TPSA) is 57.4 Å². The average molecular weight is 388 g/mol. The van der Waals surface area contributed by atoms with Crippen molar-refractivity contribution in [2.75, 3.05) is 7.11 Å².